The largest absolute Gasteiger partial charge is 0.463 e. The number of rotatable bonds is 4. The summed E-state index contributed by atoms with van der Waals surface area (Å²) in [5.41, 5.74) is 4.16. The molecule has 0 aromatic heterocycles. The first kappa shape index (κ1) is 18.4. The molecule has 1 atom stereocenters. The van der Waals surface area contributed by atoms with Crippen molar-refractivity contribution >= 4 is 11.8 Å². The fourth-order valence-corrected chi connectivity index (χ4v) is 4.11. The summed E-state index contributed by atoms with van der Waals surface area (Å²) < 4.78 is 5.30. The molecule has 4 nitrogen and oxygen atoms in total. The van der Waals surface area contributed by atoms with Crippen molar-refractivity contribution in [2.24, 2.45) is 11.3 Å². The maximum absolute atomic E-state index is 13.0. The number of dihydropyridines is 1. The highest BCUT2D eigenvalue weighted by Gasteiger charge is 2.42. The van der Waals surface area contributed by atoms with E-state index in [1.165, 1.54) is 0 Å². The maximum atomic E-state index is 13.0. The maximum Gasteiger partial charge on any atom is 0.336 e. The molecule has 1 aromatic carbocycles. The lowest BCUT2D eigenvalue weighted by atomic mass is 9.69. The van der Waals surface area contributed by atoms with Crippen LogP contribution in [0.4, 0.5) is 0 Å². The Morgan fingerprint density at radius 3 is 2.58 bits per heavy atom. The van der Waals surface area contributed by atoms with Crippen LogP contribution in [0, 0.1) is 11.3 Å². The Bertz CT molecular complexity index is 787. The van der Waals surface area contributed by atoms with Gasteiger partial charge in [-0.25, -0.2) is 4.79 Å². The standard InChI is InChI=1S/C22H27NO3/c1-5-26-21(25)19-14(2)23-17-12-22(3,4)13-18(24)20(17)16(19)11-15-9-7-6-8-10-15/h6-10,16,23H,5,11-13H2,1-4H3/t16-/m1/s1. The van der Waals surface area contributed by atoms with Gasteiger partial charge in [0.25, 0.3) is 0 Å². The van der Waals surface area contributed by atoms with Crippen molar-refractivity contribution in [1.29, 1.82) is 0 Å². The topological polar surface area (TPSA) is 55.4 Å². The van der Waals surface area contributed by atoms with Gasteiger partial charge in [0, 0.05) is 29.3 Å². The van der Waals surface area contributed by atoms with Gasteiger partial charge in [-0.2, -0.15) is 0 Å². The first-order valence-corrected chi connectivity index (χ1v) is 9.27. The molecular formula is C22H27NO3. The number of ketones is 1. The van der Waals surface area contributed by atoms with Gasteiger partial charge >= 0.3 is 5.97 Å². The molecule has 0 amide bonds. The summed E-state index contributed by atoms with van der Waals surface area (Å²) >= 11 is 0. The van der Waals surface area contributed by atoms with Crippen LogP contribution in [0.3, 0.4) is 0 Å². The van der Waals surface area contributed by atoms with Gasteiger partial charge in [-0.3, -0.25) is 4.79 Å². The minimum Gasteiger partial charge on any atom is -0.463 e. The fourth-order valence-electron chi connectivity index (χ4n) is 4.11. The highest BCUT2D eigenvalue weighted by Crippen LogP contribution is 2.43. The van der Waals surface area contributed by atoms with Gasteiger partial charge in [0.2, 0.25) is 0 Å². The summed E-state index contributed by atoms with van der Waals surface area (Å²) in [7, 11) is 0. The molecule has 1 aliphatic carbocycles. The molecular weight excluding hydrogens is 326 g/mol. The van der Waals surface area contributed by atoms with Crippen LogP contribution in [-0.4, -0.2) is 18.4 Å². The molecule has 1 heterocycles. The third-order valence-corrected chi connectivity index (χ3v) is 5.14. The Kier molecular flexibility index (Phi) is 5.03. The molecule has 0 fully saturated rings. The molecule has 138 valence electrons. The van der Waals surface area contributed by atoms with Gasteiger partial charge in [0.1, 0.15) is 0 Å². The number of carbonyl (C=O) groups is 2. The van der Waals surface area contributed by atoms with E-state index < -0.39 is 0 Å². The Morgan fingerprint density at radius 1 is 1.23 bits per heavy atom. The van der Waals surface area contributed by atoms with E-state index >= 15 is 0 Å². The molecule has 0 radical (unpaired) electrons. The van der Waals surface area contributed by atoms with Crippen LogP contribution in [0.15, 0.2) is 52.9 Å². The summed E-state index contributed by atoms with van der Waals surface area (Å²) in [6.45, 7) is 8.25. The second kappa shape index (κ2) is 7.10. The van der Waals surface area contributed by atoms with Crippen molar-refractivity contribution in [2.45, 2.75) is 47.0 Å². The van der Waals surface area contributed by atoms with Crippen LogP contribution in [0.25, 0.3) is 0 Å². The summed E-state index contributed by atoms with van der Waals surface area (Å²) in [6, 6.07) is 10.0. The van der Waals surface area contributed by atoms with E-state index in [1.54, 1.807) is 6.92 Å². The summed E-state index contributed by atoms with van der Waals surface area (Å²) in [5, 5.41) is 3.35. The molecule has 0 unspecified atom stereocenters. The molecule has 1 aromatic rings. The highest BCUT2D eigenvalue weighted by atomic mass is 16.5. The van der Waals surface area contributed by atoms with E-state index in [9.17, 15) is 9.59 Å². The quantitative estimate of drug-likeness (QED) is 0.834. The Hall–Kier alpha value is -2.36. The third kappa shape index (κ3) is 3.59. The number of esters is 1. The minimum absolute atomic E-state index is 0.0675. The van der Waals surface area contributed by atoms with Crippen molar-refractivity contribution in [3.8, 4) is 0 Å². The number of nitrogens with one attached hydrogen (secondary N) is 1. The number of hydrogen-bond acceptors (Lipinski definition) is 4. The zero-order chi connectivity index (χ0) is 18.9. The SMILES string of the molecule is CCOC(=O)C1=C(C)NC2=C(C(=O)CC(C)(C)C2)[C@@H]1Cc1ccccc1. The van der Waals surface area contributed by atoms with Gasteiger partial charge in [-0.05, 0) is 37.7 Å². The molecule has 0 saturated carbocycles. The van der Waals surface area contributed by atoms with Crippen LogP contribution < -0.4 is 5.32 Å². The van der Waals surface area contributed by atoms with Gasteiger partial charge in [0.15, 0.2) is 5.78 Å². The van der Waals surface area contributed by atoms with Gasteiger partial charge in [0.05, 0.1) is 12.2 Å². The van der Waals surface area contributed by atoms with Crippen molar-refractivity contribution < 1.29 is 14.3 Å². The number of Topliss-reactive ketones (excluding diaryl/α,β-unsaturated/α-hetero) is 1. The zero-order valence-corrected chi connectivity index (χ0v) is 16.0. The fraction of sp³-hybridized carbons (Fsp3) is 0.455. The molecule has 2 aliphatic rings. The summed E-state index contributed by atoms with van der Waals surface area (Å²) in [5.74, 6) is -0.446. The number of ether oxygens (including phenoxy) is 1. The lowest BCUT2D eigenvalue weighted by Gasteiger charge is -2.39. The predicted molar refractivity (Wildman–Crippen MR) is 101 cm³/mol. The van der Waals surface area contributed by atoms with Gasteiger partial charge in [-0.15, -0.1) is 0 Å². The van der Waals surface area contributed by atoms with Gasteiger partial charge < -0.3 is 10.1 Å². The summed E-state index contributed by atoms with van der Waals surface area (Å²) in [4.78, 5) is 25.7. The monoisotopic (exact) mass is 353 g/mol. The lowest BCUT2D eigenvalue weighted by molar-refractivity contribution is -0.139. The van der Waals surface area contributed by atoms with Crippen LogP contribution in [0.5, 0.6) is 0 Å². The molecule has 26 heavy (non-hydrogen) atoms. The average Bonchev–Trinajstić information content (AvgIpc) is 2.54. The van der Waals surface area contributed by atoms with Crippen LogP contribution in [-0.2, 0) is 20.7 Å². The minimum atomic E-state index is -0.331. The Morgan fingerprint density at radius 2 is 1.92 bits per heavy atom. The number of carbonyl (C=O) groups excluding carboxylic acids is 2. The second-order valence-corrected chi connectivity index (χ2v) is 7.96. The Balaban J connectivity index is 2.06. The Labute approximate surface area is 155 Å². The second-order valence-electron chi connectivity index (χ2n) is 7.96. The van der Waals surface area contributed by atoms with E-state index in [4.69, 9.17) is 4.74 Å². The predicted octanol–water partition coefficient (Wildman–Crippen LogP) is 3.93. The number of hydrogen-bond donors (Lipinski definition) is 1. The van der Waals surface area contributed by atoms with Crippen LogP contribution in [0.1, 0.15) is 46.1 Å². The normalized spacial score (nSPS) is 22.0. The van der Waals surface area contributed by atoms with Crippen molar-refractivity contribution in [3.05, 3.63) is 58.4 Å². The molecule has 0 bridgehead atoms. The van der Waals surface area contributed by atoms with Gasteiger partial charge in [-0.1, -0.05) is 44.2 Å². The molecule has 3 rings (SSSR count). The number of benzene rings is 1. The molecule has 0 spiro atoms. The average molecular weight is 353 g/mol. The zero-order valence-electron chi connectivity index (χ0n) is 16.0. The van der Waals surface area contributed by atoms with Crippen molar-refractivity contribution in [1.82, 2.24) is 5.32 Å². The van der Waals surface area contributed by atoms with E-state index in [0.717, 1.165) is 29.0 Å². The van der Waals surface area contributed by atoms with E-state index in [2.05, 4.69) is 19.2 Å². The van der Waals surface area contributed by atoms with Crippen LogP contribution >= 0.6 is 0 Å². The molecule has 1 aliphatic heterocycles. The highest BCUT2D eigenvalue weighted by molar-refractivity contribution is 6.02. The third-order valence-electron chi connectivity index (χ3n) is 5.14. The number of allylic oxidation sites excluding steroid dienone is 3. The molecule has 4 heteroatoms. The van der Waals surface area contributed by atoms with Crippen molar-refractivity contribution in [3.63, 3.8) is 0 Å². The molecule has 0 saturated heterocycles. The van der Waals surface area contributed by atoms with Crippen molar-refractivity contribution in [2.75, 3.05) is 6.61 Å². The summed E-state index contributed by atoms with van der Waals surface area (Å²) in [6.07, 6.45) is 1.94. The smallest absolute Gasteiger partial charge is 0.336 e. The van der Waals surface area contributed by atoms with Crippen LogP contribution in [0.2, 0.25) is 0 Å². The van der Waals surface area contributed by atoms with E-state index in [-0.39, 0.29) is 23.1 Å². The lowest BCUT2D eigenvalue weighted by Crippen LogP contribution is -2.40. The molecule has 1 N–H and O–H groups in total. The first-order valence-electron chi connectivity index (χ1n) is 9.27. The van der Waals surface area contributed by atoms with E-state index in [0.29, 0.717) is 25.0 Å². The first-order chi connectivity index (χ1) is 12.3. The van der Waals surface area contributed by atoms with E-state index in [1.807, 2.05) is 37.3 Å².